The fourth-order valence-electron chi connectivity index (χ4n) is 3.75. The number of aryl methyl sites for hydroxylation is 1. The Hall–Kier alpha value is -3.81. The minimum atomic E-state index is -0.431. The molecule has 1 N–H and O–H groups in total. The number of ether oxygens (including phenoxy) is 1. The Labute approximate surface area is 191 Å². The van der Waals surface area contributed by atoms with Crippen LogP contribution < -0.4 is 10.2 Å². The van der Waals surface area contributed by atoms with Crippen molar-refractivity contribution in [3.05, 3.63) is 89.3 Å². The van der Waals surface area contributed by atoms with E-state index >= 15 is 0 Å². The van der Waals surface area contributed by atoms with Gasteiger partial charge in [-0.15, -0.1) is 0 Å². The number of aromatic nitrogens is 2. The Morgan fingerprint density at radius 1 is 1.12 bits per heavy atom. The minimum absolute atomic E-state index is 0.309. The van der Waals surface area contributed by atoms with Crippen molar-refractivity contribution in [3.63, 3.8) is 0 Å². The van der Waals surface area contributed by atoms with Crippen LogP contribution in [0.4, 0.5) is 14.9 Å². The highest BCUT2D eigenvalue weighted by Crippen LogP contribution is 2.29. The Morgan fingerprint density at radius 3 is 2.64 bits per heavy atom. The van der Waals surface area contributed by atoms with E-state index in [0.29, 0.717) is 23.5 Å². The number of nitrogens with zero attached hydrogens (tertiary/aromatic N) is 3. The number of rotatable bonds is 5. The summed E-state index contributed by atoms with van der Waals surface area (Å²) in [4.78, 5) is 35.7. The van der Waals surface area contributed by atoms with Gasteiger partial charge in [0.1, 0.15) is 11.9 Å². The molecule has 0 bridgehead atoms. The lowest BCUT2D eigenvalue weighted by Crippen LogP contribution is -2.37. The Morgan fingerprint density at radius 2 is 1.91 bits per heavy atom. The van der Waals surface area contributed by atoms with Crippen LogP contribution in [0.5, 0.6) is 0 Å². The summed E-state index contributed by atoms with van der Waals surface area (Å²) in [6.45, 7) is 4.19. The first-order chi connectivity index (χ1) is 15.9. The van der Waals surface area contributed by atoms with Crippen LogP contribution in [0.1, 0.15) is 59.7 Å². The van der Waals surface area contributed by atoms with Crippen LogP contribution in [0.25, 0.3) is 0 Å². The zero-order valence-electron chi connectivity index (χ0n) is 18.5. The van der Waals surface area contributed by atoms with Crippen molar-refractivity contribution in [1.29, 1.82) is 0 Å². The molecule has 4 rings (SSSR count). The maximum atomic E-state index is 13.1. The molecule has 1 aliphatic heterocycles. The van der Waals surface area contributed by atoms with E-state index in [0.717, 1.165) is 24.1 Å². The quantitative estimate of drug-likeness (QED) is 0.609. The normalized spacial score (nSPS) is 14.7. The van der Waals surface area contributed by atoms with Crippen molar-refractivity contribution in [2.75, 3.05) is 11.4 Å². The first kappa shape index (κ1) is 22.4. The number of hydrogen-bond donors (Lipinski definition) is 1. The number of hydrogen-bond acceptors (Lipinski definition) is 5. The fourth-order valence-corrected chi connectivity index (χ4v) is 3.75. The Kier molecular flexibility index (Phi) is 6.63. The van der Waals surface area contributed by atoms with Gasteiger partial charge in [0.25, 0.3) is 5.91 Å². The number of benzene rings is 1. The highest BCUT2D eigenvalue weighted by atomic mass is 19.1. The van der Waals surface area contributed by atoms with Crippen molar-refractivity contribution in [1.82, 2.24) is 15.3 Å². The van der Waals surface area contributed by atoms with Crippen LogP contribution in [0, 0.1) is 5.82 Å². The summed E-state index contributed by atoms with van der Waals surface area (Å²) in [7, 11) is 0. The van der Waals surface area contributed by atoms with Gasteiger partial charge in [-0.25, -0.2) is 9.18 Å². The highest BCUT2D eigenvalue weighted by molar-refractivity contribution is 5.94. The summed E-state index contributed by atoms with van der Waals surface area (Å²) in [5.74, 6) is -0.703. The van der Waals surface area contributed by atoms with Crippen LogP contribution in [-0.2, 0) is 11.2 Å². The van der Waals surface area contributed by atoms with Gasteiger partial charge in [0.05, 0.1) is 23.1 Å². The van der Waals surface area contributed by atoms with Crippen molar-refractivity contribution >= 4 is 17.7 Å². The first-order valence-electron chi connectivity index (χ1n) is 10.9. The molecule has 0 radical (unpaired) electrons. The molecule has 2 amide bonds. The molecule has 2 aromatic heterocycles. The summed E-state index contributed by atoms with van der Waals surface area (Å²) in [6.07, 6.45) is 3.98. The van der Waals surface area contributed by atoms with Crippen molar-refractivity contribution < 1.29 is 18.7 Å². The predicted octanol–water partition coefficient (Wildman–Crippen LogP) is 4.76. The first-order valence-corrected chi connectivity index (χ1v) is 10.9. The highest BCUT2D eigenvalue weighted by Gasteiger charge is 2.27. The maximum Gasteiger partial charge on any atom is 0.414 e. The molecule has 0 fully saturated rings. The number of halogens is 1. The molecule has 0 saturated heterocycles. The van der Waals surface area contributed by atoms with Gasteiger partial charge in [-0.2, -0.15) is 0 Å². The van der Waals surface area contributed by atoms with Gasteiger partial charge in [-0.1, -0.05) is 6.07 Å². The van der Waals surface area contributed by atoms with Gasteiger partial charge in [0, 0.05) is 30.1 Å². The summed E-state index contributed by atoms with van der Waals surface area (Å²) in [5.41, 5.74) is 3.38. The lowest BCUT2D eigenvalue weighted by atomic mass is 10.1. The predicted molar refractivity (Wildman–Crippen MR) is 121 cm³/mol. The van der Waals surface area contributed by atoms with Gasteiger partial charge >= 0.3 is 6.09 Å². The fraction of sp³-hybridized carbons (Fsp3) is 0.280. The second-order valence-corrected chi connectivity index (χ2v) is 7.97. The van der Waals surface area contributed by atoms with Gasteiger partial charge in [-0.05, 0) is 69.2 Å². The topological polar surface area (TPSA) is 84.4 Å². The molecule has 0 saturated carbocycles. The second-order valence-electron chi connectivity index (χ2n) is 7.97. The van der Waals surface area contributed by atoms with E-state index < -0.39 is 18.0 Å². The zero-order chi connectivity index (χ0) is 23.4. The molecule has 2 atom stereocenters. The summed E-state index contributed by atoms with van der Waals surface area (Å²) in [5, 5.41) is 2.88. The third-order valence-corrected chi connectivity index (χ3v) is 5.61. The van der Waals surface area contributed by atoms with Crippen molar-refractivity contribution in [2.24, 2.45) is 0 Å². The minimum Gasteiger partial charge on any atom is -0.441 e. The molecule has 170 valence electrons. The van der Waals surface area contributed by atoms with E-state index in [4.69, 9.17) is 9.72 Å². The van der Waals surface area contributed by atoms with E-state index in [9.17, 15) is 14.0 Å². The number of amides is 2. The average Bonchev–Trinajstić information content (AvgIpc) is 2.84. The zero-order valence-corrected chi connectivity index (χ0v) is 18.5. The molecule has 33 heavy (non-hydrogen) atoms. The number of pyridine rings is 2. The number of carbonyl (C=O) groups is 2. The molecule has 2 unspecified atom stereocenters. The van der Waals surface area contributed by atoms with Crippen molar-refractivity contribution in [3.8, 4) is 0 Å². The van der Waals surface area contributed by atoms with Gasteiger partial charge in [-0.3, -0.25) is 19.7 Å². The number of carbonyl (C=O) groups excluding carboxylic acids is 2. The largest absolute Gasteiger partial charge is 0.441 e. The molecular formula is C25H25FN4O3. The molecule has 1 aliphatic rings. The molecule has 8 heteroatoms. The average molecular weight is 448 g/mol. The standard InChI is InChI=1S/C25H25FN4O3/c1-16(28-24(31)18-7-9-20(26)10-8-18)21-11-12-23-22(29-21)6-4-14-30(23)25(32)33-17(2)19-5-3-13-27-15-19/h3,5,7-13,15-17H,4,6,14H2,1-2H3,(H,28,31). The number of anilines is 1. The van der Waals surface area contributed by atoms with Gasteiger partial charge in [0.15, 0.2) is 0 Å². The van der Waals surface area contributed by atoms with Gasteiger partial charge < -0.3 is 10.1 Å². The third kappa shape index (κ3) is 5.16. The van der Waals surface area contributed by atoms with Gasteiger partial charge in [0.2, 0.25) is 0 Å². The maximum absolute atomic E-state index is 13.1. The Bertz CT molecular complexity index is 1140. The van der Waals surface area contributed by atoms with Crippen LogP contribution in [0.3, 0.4) is 0 Å². The Balaban J connectivity index is 1.45. The molecule has 0 aliphatic carbocycles. The number of nitrogens with one attached hydrogen (secondary N) is 1. The van der Waals surface area contributed by atoms with E-state index in [1.165, 1.54) is 24.3 Å². The molecule has 3 heterocycles. The van der Waals surface area contributed by atoms with E-state index in [1.54, 1.807) is 29.4 Å². The monoisotopic (exact) mass is 448 g/mol. The van der Waals surface area contributed by atoms with E-state index in [-0.39, 0.29) is 11.9 Å². The molecule has 7 nitrogen and oxygen atoms in total. The second kappa shape index (κ2) is 9.77. The lowest BCUT2D eigenvalue weighted by molar-refractivity contribution is 0.0939. The summed E-state index contributed by atoms with van der Waals surface area (Å²) >= 11 is 0. The molecule has 1 aromatic carbocycles. The number of fused-ring (bicyclic) bond motifs is 1. The van der Waals surface area contributed by atoms with Crippen LogP contribution in [-0.4, -0.2) is 28.5 Å². The van der Waals surface area contributed by atoms with E-state index in [1.807, 2.05) is 26.0 Å². The SMILES string of the molecule is CC(NC(=O)c1ccc(F)cc1)c1ccc2c(n1)CCCN2C(=O)OC(C)c1cccnc1. The van der Waals surface area contributed by atoms with Crippen LogP contribution >= 0.6 is 0 Å². The smallest absolute Gasteiger partial charge is 0.414 e. The molecular weight excluding hydrogens is 423 g/mol. The summed E-state index contributed by atoms with van der Waals surface area (Å²) in [6, 6.07) is 12.3. The third-order valence-electron chi connectivity index (χ3n) is 5.61. The molecule has 0 spiro atoms. The summed E-state index contributed by atoms with van der Waals surface area (Å²) < 4.78 is 18.8. The lowest BCUT2D eigenvalue weighted by Gasteiger charge is -2.30. The van der Waals surface area contributed by atoms with Crippen molar-refractivity contribution in [2.45, 2.75) is 38.8 Å². The van der Waals surface area contributed by atoms with E-state index in [2.05, 4.69) is 10.3 Å². The van der Waals surface area contributed by atoms with Crippen LogP contribution in [0.15, 0.2) is 60.9 Å². The van der Waals surface area contributed by atoms with Crippen LogP contribution in [0.2, 0.25) is 0 Å². The molecule has 3 aromatic rings.